The van der Waals surface area contributed by atoms with Crippen LogP contribution in [0.15, 0.2) is 6.20 Å². The third-order valence-corrected chi connectivity index (χ3v) is 3.09. The number of nitrogens with zero attached hydrogens (tertiary/aromatic N) is 2. The highest BCUT2D eigenvalue weighted by Gasteiger charge is 2.19. The molecular weight excluding hydrogens is 170 g/mol. The molecule has 64 valence electrons. The Balaban J connectivity index is 2.06. The first kappa shape index (κ1) is 8.18. The topological polar surface area (TPSA) is 17.8 Å². The molecule has 0 spiro atoms. The Morgan fingerprint density at radius 1 is 1.67 bits per heavy atom. The lowest BCUT2D eigenvalue weighted by Crippen LogP contribution is -2.19. The van der Waals surface area contributed by atoms with Gasteiger partial charge < -0.3 is 0 Å². The molecule has 0 amide bonds. The molecule has 1 aromatic heterocycles. The number of hydrogen-bond donors (Lipinski definition) is 0. The van der Waals surface area contributed by atoms with Crippen LogP contribution in [0.4, 0.5) is 0 Å². The smallest absolute Gasteiger partial charge is 0.145 e. The summed E-state index contributed by atoms with van der Waals surface area (Å²) < 4.78 is 1.92. The molecule has 2 nitrogen and oxygen atoms in total. The van der Waals surface area contributed by atoms with E-state index in [0.717, 1.165) is 23.1 Å². The molecule has 0 saturated heterocycles. The Labute approximate surface area is 78.3 Å². The van der Waals surface area contributed by atoms with E-state index in [1.807, 2.05) is 18.7 Å². The molecule has 2 rings (SSSR count). The third-order valence-electron chi connectivity index (χ3n) is 2.60. The predicted octanol–water partition coefficient (Wildman–Crippen LogP) is 0.595. The van der Waals surface area contributed by atoms with E-state index in [4.69, 9.17) is 11.6 Å². The molecule has 0 aromatic carbocycles. The predicted molar refractivity (Wildman–Crippen MR) is 52.8 cm³/mol. The van der Waals surface area contributed by atoms with Gasteiger partial charge >= 0.3 is 0 Å². The van der Waals surface area contributed by atoms with Gasteiger partial charge in [0.25, 0.3) is 0 Å². The fourth-order valence-electron chi connectivity index (χ4n) is 1.51. The van der Waals surface area contributed by atoms with Crippen molar-refractivity contribution in [1.82, 2.24) is 9.78 Å². The maximum Gasteiger partial charge on any atom is 0.145 e. The minimum absolute atomic E-state index is 0.807. The SMILES string of the molecule is Bc1cnn(CC2CCC2)c1Cl. The normalized spacial score (nSPS) is 17.8. The summed E-state index contributed by atoms with van der Waals surface area (Å²) in [5.74, 6) is 0.821. The lowest BCUT2D eigenvalue weighted by molar-refractivity contribution is 0.267. The van der Waals surface area contributed by atoms with Gasteiger partial charge in [0.1, 0.15) is 13.0 Å². The van der Waals surface area contributed by atoms with Crippen LogP contribution in [0.3, 0.4) is 0 Å². The van der Waals surface area contributed by atoms with E-state index < -0.39 is 0 Å². The minimum Gasteiger partial charge on any atom is -0.254 e. The maximum absolute atomic E-state index is 6.03. The maximum atomic E-state index is 6.03. The summed E-state index contributed by atoms with van der Waals surface area (Å²) in [6.45, 7) is 1.01. The summed E-state index contributed by atoms with van der Waals surface area (Å²) in [5.41, 5.74) is 1.08. The van der Waals surface area contributed by atoms with Gasteiger partial charge in [-0.3, -0.25) is 4.68 Å². The Morgan fingerprint density at radius 3 is 2.83 bits per heavy atom. The lowest BCUT2D eigenvalue weighted by atomic mass is 9.85. The molecule has 4 heteroatoms. The van der Waals surface area contributed by atoms with Crippen molar-refractivity contribution in [3.63, 3.8) is 0 Å². The van der Waals surface area contributed by atoms with Crippen molar-refractivity contribution in [3.8, 4) is 0 Å². The van der Waals surface area contributed by atoms with E-state index >= 15 is 0 Å². The second-order valence-electron chi connectivity index (χ2n) is 3.60. The average Bonchev–Trinajstić information content (AvgIpc) is 2.27. The van der Waals surface area contributed by atoms with Crippen LogP contribution in [-0.4, -0.2) is 17.6 Å². The van der Waals surface area contributed by atoms with Gasteiger partial charge in [0.05, 0.1) is 0 Å². The van der Waals surface area contributed by atoms with Gasteiger partial charge in [-0.15, -0.1) is 0 Å². The summed E-state index contributed by atoms with van der Waals surface area (Å²) in [6.07, 6.45) is 5.90. The summed E-state index contributed by atoms with van der Waals surface area (Å²) in [6, 6.07) is 0. The standard InChI is InChI=1S/C8H12BClN2/c9-7-4-11-12(8(7)10)5-6-2-1-3-6/h4,6H,1-3,5,9H2. The summed E-state index contributed by atoms with van der Waals surface area (Å²) in [7, 11) is 1.99. The quantitative estimate of drug-likeness (QED) is 0.613. The Morgan fingerprint density at radius 2 is 2.42 bits per heavy atom. The molecule has 0 bridgehead atoms. The van der Waals surface area contributed by atoms with Crippen LogP contribution in [-0.2, 0) is 6.54 Å². The zero-order chi connectivity index (χ0) is 8.55. The molecule has 1 aromatic rings. The van der Waals surface area contributed by atoms with Crippen LogP contribution in [0.2, 0.25) is 5.15 Å². The molecule has 1 aliphatic carbocycles. The van der Waals surface area contributed by atoms with Crippen molar-refractivity contribution >= 4 is 24.9 Å². The van der Waals surface area contributed by atoms with Crippen molar-refractivity contribution in [2.75, 3.05) is 0 Å². The molecule has 0 N–H and O–H groups in total. The van der Waals surface area contributed by atoms with Gasteiger partial charge in [0.15, 0.2) is 0 Å². The molecular formula is C8H12BClN2. The van der Waals surface area contributed by atoms with Crippen LogP contribution in [0.1, 0.15) is 19.3 Å². The van der Waals surface area contributed by atoms with E-state index in [0.29, 0.717) is 0 Å². The molecule has 12 heavy (non-hydrogen) atoms. The van der Waals surface area contributed by atoms with Gasteiger partial charge in [0, 0.05) is 12.7 Å². The first-order valence-electron chi connectivity index (χ1n) is 4.45. The fourth-order valence-corrected chi connectivity index (χ4v) is 1.67. The van der Waals surface area contributed by atoms with Gasteiger partial charge in [0.2, 0.25) is 0 Å². The molecule has 1 heterocycles. The highest BCUT2D eigenvalue weighted by Crippen LogP contribution is 2.28. The van der Waals surface area contributed by atoms with Crippen molar-refractivity contribution in [3.05, 3.63) is 11.3 Å². The number of aromatic nitrogens is 2. The van der Waals surface area contributed by atoms with Crippen LogP contribution >= 0.6 is 11.6 Å². The van der Waals surface area contributed by atoms with E-state index in [9.17, 15) is 0 Å². The fraction of sp³-hybridized carbons (Fsp3) is 0.625. The number of halogens is 1. The molecule has 0 unspecified atom stereocenters. The monoisotopic (exact) mass is 182 g/mol. The summed E-state index contributed by atoms with van der Waals surface area (Å²) in [5, 5.41) is 5.03. The van der Waals surface area contributed by atoms with Crippen molar-refractivity contribution < 1.29 is 0 Å². The first-order chi connectivity index (χ1) is 5.77. The zero-order valence-corrected chi connectivity index (χ0v) is 8.01. The molecule has 1 saturated carbocycles. The zero-order valence-electron chi connectivity index (χ0n) is 7.26. The van der Waals surface area contributed by atoms with Crippen LogP contribution in [0.5, 0.6) is 0 Å². The van der Waals surface area contributed by atoms with Crippen molar-refractivity contribution in [1.29, 1.82) is 0 Å². The van der Waals surface area contributed by atoms with Crippen LogP contribution < -0.4 is 5.46 Å². The van der Waals surface area contributed by atoms with Crippen molar-refractivity contribution in [2.24, 2.45) is 5.92 Å². The second kappa shape index (κ2) is 3.13. The molecule has 1 fully saturated rings. The second-order valence-corrected chi connectivity index (χ2v) is 3.96. The Kier molecular flexibility index (Phi) is 2.13. The van der Waals surface area contributed by atoms with Crippen molar-refractivity contribution in [2.45, 2.75) is 25.8 Å². The molecule has 0 radical (unpaired) electrons. The Bertz CT molecular complexity index is 281. The first-order valence-corrected chi connectivity index (χ1v) is 4.83. The van der Waals surface area contributed by atoms with E-state index in [1.165, 1.54) is 19.3 Å². The molecule has 0 aliphatic heterocycles. The molecule has 1 aliphatic rings. The minimum atomic E-state index is 0.807. The lowest BCUT2D eigenvalue weighted by Gasteiger charge is -2.25. The number of hydrogen-bond acceptors (Lipinski definition) is 1. The molecule has 0 atom stereocenters. The summed E-state index contributed by atoms with van der Waals surface area (Å²) >= 11 is 6.03. The largest absolute Gasteiger partial charge is 0.254 e. The van der Waals surface area contributed by atoms with Gasteiger partial charge in [-0.1, -0.05) is 18.0 Å². The van der Waals surface area contributed by atoms with Gasteiger partial charge in [-0.05, 0) is 24.2 Å². The average molecular weight is 182 g/mol. The van der Waals surface area contributed by atoms with Gasteiger partial charge in [-0.25, -0.2) is 0 Å². The number of rotatable bonds is 2. The van der Waals surface area contributed by atoms with E-state index in [-0.39, 0.29) is 0 Å². The summed E-state index contributed by atoms with van der Waals surface area (Å²) in [4.78, 5) is 0. The Hall–Kier alpha value is -0.435. The van der Waals surface area contributed by atoms with Crippen LogP contribution in [0.25, 0.3) is 0 Å². The third kappa shape index (κ3) is 1.38. The van der Waals surface area contributed by atoms with Crippen LogP contribution in [0, 0.1) is 5.92 Å². The highest BCUT2D eigenvalue weighted by atomic mass is 35.5. The van der Waals surface area contributed by atoms with E-state index in [2.05, 4.69) is 5.10 Å². The van der Waals surface area contributed by atoms with Gasteiger partial charge in [-0.2, -0.15) is 5.10 Å². The van der Waals surface area contributed by atoms with E-state index in [1.54, 1.807) is 0 Å². The highest BCUT2D eigenvalue weighted by molar-refractivity contribution is 6.44.